The minimum absolute atomic E-state index is 0.145. The molecular formula is C22H19ClN4O4. The molecule has 31 heavy (non-hydrogen) atoms. The second-order valence-corrected chi connectivity index (χ2v) is 8.24. The minimum Gasteiger partial charge on any atom is -0.322 e. The maximum Gasteiger partial charge on any atom is 0.329 e. The van der Waals surface area contributed by atoms with Gasteiger partial charge in [-0.2, -0.15) is 0 Å². The molecule has 2 fully saturated rings. The lowest BCUT2D eigenvalue weighted by Crippen LogP contribution is -2.52. The highest BCUT2D eigenvalue weighted by Gasteiger charge is 2.39. The SMILES string of the molecule is O=C1CCC(N2Cc3cc(N4CCN(c5ccc(Cl)cc5)C4=O)ccc3C2=O)C(=O)N1. The van der Waals surface area contributed by atoms with Gasteiger partial charge in [0.2, 0.25) is 11.8 Å². The van der Waals surface area contributed by atoms with Crippen LogP contribution in [-0.4, -0.2) is 47.8 Å². The van der Waals surface area contributed by atoms with Gasteiger partial charge in [0.05, 0.1) is 0 Å². The molecule has 8 nitrogen and oxygen atoms in total. The van der Waals surface area contributed by atoms with Crippen molar-refractivity contribution in [2.75, 3.05) is 22.9 Å². The number of imide groups is 1. The zero-order valence-corrected chi connectivity index (χ0v) is 17.3. The van der Waals surface area contributed by atoms with Crippen LogP contribution in [0.3, 0.4) is 0 Å². The second-order valence-electron chi connectivity index (χ2n) is 7.80. The molecule has 1 N–H and O–H groups in total. The van der Waals surface area contributed by atoms with Crippen LogP contribution in [0.1, 0.15) is 28.8 Å². The van der Waals surface area contributed by atoms with Crippen LogP contribution in [0.25, 0.3) is 0 Å². The number of urea groups is 1. The van der Waals surface area contributed by atoms with Crippen LogP contribution < -0.4 is 15.1 Å². The smallest absolute Gasteiger partial charge is 0.322 e. The van der Waals surface area contributed by atoms with Gasteiger partial charge in [0, 0.05) is 48.0 Å². The van der Waals surface area contributed by atoms with Crippen LogP contribution in [0.5, 0.6) is 0 Å². The fourth-order valence-corrected chi connectivity index (χ4v) is 4.49. The summed E-state index contributed by atoms with van der Waals surface area (Å²) in [5.41, 5.74) is 2.77. The highest BCUT2D eigenvalue weighted by Crippen LogP contribution is 2.32. The number of carbonyl (C=O) groups is 4. The fourth-order valence-electron chi connectivity index (χ4n) is 4.37. The number of fused-ring (bicyclic) bond motifs is 1. The van der Waals surface area contributed by atoms with Crippen molar-refractivity contribution in [1.82, 2.24) is 10.2 Å². The molecule has 0 bridgehead atoms. The number of nitrogens with one attached hydrogen (secondary N) is 1. The molecule has 0 radical (unpaired) electrons. The lowest BCUT2D eigenvalue weighted by Gasteiger charge is -2.29. The Kier molecular flexibility index (Phi) is 4.66. The Hall–Kier alpha value is -3.39. The lowest BCUT2D eigenvalue weighted by atomic mass is 10.0. The van der Waals surface area contributed by atoms with Gasteiger partial charge >= 0.3 is 6.03 Å². The van der Waals surface area contributed by atoms with E-state index >= 15 is 0 Å². The zero-order chi connectivity index (χ0) is 21.7. The van der Waals surface area contributed by atoms with Gasteiger partial charge in [0.1, 0.15) is 6.04 Å². The summed E-state index contributed by atoms with van der Waals surface area (Å²) in [6.07, 6.45) is 0.530. The molecule has 2 aromatic carbocycles. The molecule has 0 saturated carbocycles. The summed E-state index contributed by atoms with van der Waals surface area (Å²) in [4.78, 5) is 54.3. The third-order valence-corrected chi connectivity index (χ3v) is 6.22. The number of piperidine rings is 1. The van der Waals surface area contributed by atoms with E-state index in [1.165, 1.54) is 4.90 Å². The van der Waals surface area contributed by atoms with Gasteiger partial charge in [-0.05, 0) is 54.4 Å². The first-order chi connectivity index (χ1) is 14.9. The first-order valence-corrected chi connectivity index (χ1v) is 10.4. The van der Waals surface area contributed by atoms with Crippen molar-refractivity contribution in [2.45, 2.75) is 25.4 Å². The molecule has 3 heterocycles. The summed E-state index contributed by atoms with van der Waals surface area (Å²) in [6, 6.07) is 11.6. The molecule has 2 aromatic rings. The molecule has 0 spiro atoms. The van der Waals surface area contributed by atoms with Crippen molar-refractivity contribution >= 4 is 46.7 Å². The molecular weight excluding hydrogens is 420 g/mol. The van der Waals surface area contributed by atoms with Gasteiger partial charge in [-0.25, -0.2) is 4.79 Å². The highest BCUT2D eigenvalue weighted by molar-refractivity contribution is 6.30. The largest absolute Gasteiger partial charge is 0.329 e. The van der Waals surface area contributed by atoms with Crippen molar-refractivity contribution in [1.29, 1.82) is 0 Å². The monoisotopic (exact) mass is 438 g/mol. The summed E-state index contributed by atoms with van der Waals surface area (Å²) >= 11 is 5.94. The summed E-state index contributed by atoms with van der Waals surface area (Å²) in [6.45, 7) is 1.33. The van der Waals surface area contributed by atoms with Crippen LogP contribution >= 0.6 is 11.6 Å². The molecule has 1 atom stereocenters. The fraction of sp³-hybridized carbons (Fsp3) is 0.273. The van der Waals surface area contributed by atoms with Crippen molar-refractivity contribution in [3.05, 3.63) is 58.6 Å². The normalized spacial score (nSPS) is 21.1. The summed E-state index contributed by atoms with van der Waals surface area (Å²) in [5, 5.41) is 2.91. The summed E-state index contributed by atoms with van der Waals surface area (Å²) < 4.78 is 0. The standard InChI is InChI=1S/C22H19ClN4O4/c23-14-1-3-15(4-2-14)25-9-10-26(22(25)31)16-5-6-17-13(11-16)12-27(21(17)30)18-7-8-19(28)24-20(18)29/h1-6,11,18H,7-10,12H2,(H,24,28,29). The highest BCUT2D eigenvalue weighted by atomic mass is 35.5. The Morgan fingerprint density at radius 3 is 2.29 bits per heavy atom. The van der Waals surface area contributed by atoms with Crippen molar-refractivity contribution in [2.24, 2.45) is 0 Å². The van der Waals surface area contributed by atoms with Gasteiger partial charge in [-0.3, -0.25) is 29.5 Å². The minimum atomic E-state index is -0.658. The van der Waals surface area contributed by atoms with Crippen molar-refractivity contribution in [3.63, 3.8) is 0 Å². The molecule has 5 amide bonds. The molecule has 158 valence electrons. The molecule has 3 aliphatic heterocycles. The lowest BCUT2D eigenvalue weighted by molar-refractivity contribution is -0.136. The van der Waals surface area contributed by atoms with Crippen LogP contribution in [0.4, 0.5) is 16.2 Å². The van der Waals surface area contributed by atoms with Gasteiger partial charge in [0.25, 0.3) is 5.91 Å². The summed E-state index contributed by atoms with van der Waals surface area (Å²) in [7, 11) is 0. The van der Waals surface area contributed by atoms with Gasteiger partial charge in [-0.1, -0.05) is 11.6 Å². The van der Waals surface area contributed by atoms with Crippen molar-refractivity contribution < 1.29 is 19.2 Å². The Morgan fingerprint density at radius 1 is 0.903 bits per heavy atom. The average Bonchev–Trinajstić information content (AvgIpc) is 3.28. The van der Waals surface area contributed by atoms with Gasteiger partial charge < -0.3 is 4.90 Å². The van der Waals surface area contributed by atoms with Gasteiger partial charge in [0.15, 0.2) is 0 Å². The molecule has 9 heteroatoms. The van der Waals surface area contributed by atoms with Crippen LogP contribution in [0.2, 0.25) is 5.02 Å². The predicted molar refractivity (Wildman–Crippen MR) is 114 cm³/mol. The van der Waals surface area contributed by atoms with E-state index in [4.69, 9.17) is 11.6 Å². The predicted octanol–water partition coefficient (Wildman–Crippen LogP) is 2.55. The maximum atomic E-state index is 13.0. The van der Waals surface area contributed by atoms with Crippen LogP contribution in [0.15, 0.2) is 42.5 Å². The topological polar surface area (TPSA) is 90.0 Å². The number of hydrogen-bond donors (Lipinski definition) is 1. The Bertz CT molecular complexity index is 1120. The Labute approximate surface area is 183 Å². The Morgan fingerprint density at radius 2 is 1.58 bits per heavy atom. The number of nitrogens with zero attached hydrogens (tertiary/aromatic N) is 3. The molecule has 3 aliphatic rings. The first-order valence-electron chi connectivity index (χ1n) is 10.0. The number of halogens is 1. The molecule has 5 rings (SSSR count). The van der Waals surface area contributed by atoms with Crippen LogP contribution in [0, 0.1) is 0 Å². The average molecular weight is 439 g/mol. The quantitative estimate of drug-likeness (QED) is 0.746. The second kappa shape index (κ2) is 7.39. The van der Waals surface area contributed by atoms with E-state index in [1.807, 2.05) is 18.2 Å². The van der Waals surface area contributed by atoms with Crippen molar-refractivity contribution in [3.8, 4) is 0 Å². The number of rotatable bonds is 3. The number of amides is 5. The Balaban J connectivity index is 1.36. The first kappa shape index (κ1) is 19.6. The number of anilines is 2. The zero-order valence-electron chi connectivity index (χ0n) is 16.5. The third kappa shape index (κ3) is 3.33. The number of carbonyl (C=O) groups excluding carboxylic acids is 4. The molecule has 2 saturated heterocycles. The van der Waals surface area contributed by atoms with E-state index in [-0.39, 0.29) is 30.8 Å². The summed E-state index contributed by atoms with van der Waals surface area (Å²) in [5.74, 6) is -0.983. The maximum absolute atomic E-state index is 13.0. The van der Waals surface area contributed by atoms with E-state index in [9.17, 15) is 19.2 Å². The van der Waals surface area contributed by atoms with Gasteiger partial charge in [-0.15, -0.1) is 0 Å². The number of benzene rings is 2. The molecule has 0 aromatic heterocycles. The molecule has 0 aliphatic carbocycles. The third-order valence-electron chi connectivity index (χ3n) is 5.97. The van der Waals surface area contributed by atoms with E-state index in [2.05, 4.69) is 5.32 Å². The number of hydrogen-bond acceptors (Lipinski definition) is 4. The van der Waals surface area contributed by atoms with Crippen LogP contribution in [-0.2, 0) is 16.1 Å². The van der Waals surface area contributed by atoms with E-state index in [0.717, 1.165) is 11.3 Å². The van der Waals surface area contributed by atoms with E-state index < -0.39 is 11.9 Å². The molecule has 1 unspecified atom stereocenters. The van der Waals surface area contributed by atoms with E-state index in [0.29, 0.717) is 35.8 Å². The van der Waals surface area contributed by atoms with E-state index in [1.54, 1.807) is 34.1 Å².